The summed E-state index contributed by atoms with van der Waals surface area (Å²) in [4.78, 5) is 40.3. The van der Waals surface area contributed by atoms with Crippen LogP contribution in [0.4, 0.5) is 9.80 Å². The van der Waals surface area contributed by atoms with Crippen LogP contribution in [-0.2, 0) is 32.5 Å². The van der Waals surface area contributed by atoms with Crippen molar-refractivity contribution < 1.29 is 32.3 Å². The number of carbonyl (C=O) groups is 3. The van der Waals surface area contributed by atoms with Gasteiger partial charge in [-0.05, 0) is 62.9 Å². The van der Waals surface area contributed by atoms with Gasteiger partial charge in [0.1, 0.15) is 5.00 Å². The van der Waals surface area contributed by atoms with Gasteiger partial charge in [0, 0.05) is 29.6 Å². The highest BCUT2D eigenvalue weighted by molar-refractivity contribution is 7.89. The van der Waals surface area contributed by atoms with Gasteiger partial charge >= 0.3 is 12.1 Å². The number of anilines is 1. The molecule has 37 heavy (non-hydrogen) atoms. The average molecular weight is 550 g/mol. The normalized spacial score (nSPS) is 18.1. The van der Waals surface area contributed by atoms with Crippen molar-refractivity contribution in [3.05, 3.63) is 45.8 Å². The zero-order valence-corrected chi connectivity index (χ0v) is 22.7. The summed E-state index contributed by atoms with van der Waals surface area (Å²) in [6.45, 7) is 4.91. The number of carbonyl (C=O) groups excluding carboxylic acids is 3. The smallest absolute Gasteiger partial charge is 0.409 e. The lowest BCUT2D eigenvalue weighted by Crippen LogP contribution is -2.41. The number of esters is 1. The Labute approximate surface area is 220 Å². The molecule has 1 saturated heterocycles. The molecule has 2 aliphatic heterocycles. The quantitative estimate of drug-likeness (QED) is 0.543. The maximum atomic E-state index is 13.1. The Balaban J connectivity index is 1.57. The van der Waals surface area contributed by atoms with Crippen molar-refractivity contribution in [2.45, 2.75) is 57.0 Å². The average Bonchev–Trinajstić information content (AvgIpc) is 3.25. The van der Waals surface area contributed by atoms with Crippen molar-refractivity contribution in [2.24, 2.45) is 0 Å². The van der Waals surface area contributed by atoms with E-state index >= 15 is 0 Å². The van der Waals surface area contributed by atoms with Gasteiger partial charge < -0.3 is 19.7 Å². The first-order valence-electron chi connectivity index (χ1n) is 12.2. The van der Waals surface area contributed by atoms with Gasteiger partial charge in [-0.25, -0.2) is 18.0 Å². The molecule has 2 aromatic rings. The lowest BCUT2D eigenvalue weighted by molar-refractivity contribution is 0.0526. The first-order chi connectivity index (χ1) is 17.7. The fourth-order valence-corrected chi connectivity index (χ4v) is 7.66. The predicted molar refractivity (Wildman–Crippen MR) is 138 cm³/mol. The van der Waals surface area contributed by atoms with Crippen molar-refractivity contribution in [3.63, 3.8) is 0 Å². The van der Waals surface area contributed by atoms with Crippen LogP contribution < -0.4 is 5.32 Å². The predicted octanol–water partition coefficient (Wildman–Crippen LogP) is 3.86. The van der Waals surface area contributed by atoms with E-state index in [9.17, 15) is 22.8 Å². The third-order valence-corrected chi connectivity index (χ3v) is 9.82. The van der Waals surface area contributed by atoms with E-state index in [0.29, 0.717) is 24.5 Å². The molecule has 1 aromatic heterocycles. The molecular weight excluding hydrogens is 518 g/mol. The van der Waals surface area contributed by atoms with Gasteiger partial charge in [-0.15, -0.1) is 11.3 Å². The van der Waals surface area contributed by atoms with Gasteiger partial charge in [-0.1, -0.05) is 6.42 Å². The number of methoxy groups -OCH3 is 1. The minimum absolute atomic E-state index is 0.0667. The third kappa shape index (κ3) is 5.51. The van der Waals surface area contributed by atoms with Crippen LogP contribution in [0.25, 0.3) is 0 Å². The number of sulfonamides is 1. The molecule has 2 amide bonds. The van der Waals surface area contributed by atoms with Crippen LogP contribution in [0.3, 0.4) is 0 Å². The molecule has 200 valence electrons. The Hall–Kier alpha value is -2.96. The molecule has 1 aromatic carbocycles. The van der Waals surface area contributed by atoms with Crippen LogP contribution in [0.15, 0.2) is 29.2 Å². The van der Waals surface area contributed by atoms with Crippen molar-refractivity contribution in [3.8, 4) is 0 Å². The van der Waals surface area contributed by atoms with Gasteiger partial charge in [-0.2, -0.15) is 4.31 Å². The van der Waals surface area contributed by atoms with Gasteiger partial charge in [-0.3, -0.25) is 4.79 Å². The summed E-state index contributed by atoms with van der Waals surface area (Å²) in [5, 5.41) is 3.13. The van der Waals surface area contributed by atoms with Gasteiger partial charge in [0.25, 0.3) is 5.91 Å². The van der Waals surface area contributed by atoms with Gasteiger partial charge in [0.15, 0.2) is 0 Å². The minimum Gasteiger partial charge on any atom is -0.462 e. The number of nitrogens with one attached hydrogen (secondary N) is 1. The Morgan fingerprint density at radius 3 is 2.51 bits per heavy atom. The fraction of sp³-hybridized carbons (Fsp3) is 0.480. The van der Waals surface area contributed by atoms with Crippen LogP contribution in [0, 0.1) is 0 Å². The maximum Gasteiger partial charge on any atom is 0.409 e. The molecule has 1 fully saturated rings. The molecular formula is C25H31N3O7S2. The molecule has 2 aliphatic rings. The largest absolute Gasteiger partial charge is 0.462 e. The van der Waals surface area contributed by atoms with E-state index in [1.807, 2.05) is 6.92 Å². The molecule has 1 atom stereocenters. The van der Waals surface area contributed by atoms with E-state index in [-0.39, 0.29) is 35.2 Å². The zero-order chi connectivity index (χ0) is 26.7. The SMILES string of the molecule is CCOC(=O)c1c(NC(=O)c2ccc(S(=O)(=O)N3CCCCC3C)cc2)sc2c1CCN(C(=O)OC)C2. The first-order valence-corrected chi connectivity index (χ1v) is 14.5. The summed E-state index contributed by atoms with van der Waals surface area (Å²) in [6, 6.07) is 5.74. The van der Waals surface area contributed by atoms with Crippen LogP contribution in [0.5, 0.6) is 0 Å². The van der Waals surface area contributed by atoms with E-state index < -0.39 is 28.0 Å². The molecule has 3 heterocycles. The molecule has 12 heteroatoms. The highest BCUT2D eigenvalue weighted by Crippen LogP contribution is 2.38. The Morgan fingerprint density at radius 1 is 1.14 bits per heavy atom. The van der Waals surface area contributed by atoms with Crippen LogP contribution >= 0.6 is 11.3 Å². The molecule has 1 unspecified atom stereocenters. The number of benzene rings is 1. The second-order valence-corrected chi connectivity index (χ2v) is 12.0. The number of piperidine rings is 1. The third-order valence-electron chi connectivity index (χ3n) is 6.66. The molecule has 0 saturated carbocycles. The molecule has 0 spiro atoms. The number of thiophene rings is 1. The number of amides is 2. The summed E-state index contributed by atoms with van der Waals surface area (Å²) in [5.41, 5.74) is 1.29. The van der Waals surface area contributed by atoms with Crippen LogP contribution in [0.1, 0.15) is 64.3 Å². The number of rotatable bonds is 6. The number of hydrogen-bond donors (Lipinski definition) is 1. The van der Waals surface area contributed by atoms with E-state index in [2.05, 4.69) is 5.32 Å². The molecule has 0 radical (unpaired) electrons. The molecule has 1 N–H and O–H groups in total. The topological polar surface area (TPSA) is 122 Å². The van der Waals surface area contributed by atoms with E-state index in [4.69, 9.17) is 9.47 Å². The van der Waals surface area contributed by atoms with Gasteiger partial charge in [0.05, 0.1) is 30.7 Å². The standard InChI is InChI=1S/C25H31N3O7S2/c1-4-35-24(30)21-19-12-14-27(25(31)34-3)15-20(19)36-23(21)26-22(29)17-8-10-18(11-9-17)37(32,33)28-13-6-5-7-16(28)2/h8-11,16H,4-7,12-15H2,1-3H3,(H,26,29). The monoisotopic (exact) mass is 549 g/mol. The zero-order valence-electron chi connectivity index (χ0n) is 21.1. The van der Waals surface area contributed by atoms with Gasteiger partial charge in [0.2, 0.25) is 10.0 Å². The van der Waals surface area contributed by atoms with E-state index in [0.717, 1.165) is 29.7 Å². The lowest BCUT2D eigenvalue weighted by Gasteiger charge is -2.32. The van der Waals surface area contributed by atoms with Crippen molar-refractivity contribution in [2.75, 3.05) is 32.1 Å². The number of nitrogens with zero attached hydrogens (tertiary/aromatic N) is 2. The number of fused-ring (bicyclic) bond motifs is 1. The Kier molecular flexibility index (Phi) is 8.20. The minimum atomic E-state index is -3.65. The van der Waals surface area contributed by atoms with E-state index in [1.165, 1.54) is 51.9 Å². The fourth-order valence-electron chi connectivity index (χ4n) is 4.71. The van der Waals surface area contributed by atoms with Crippen molar-refractivity contribution in [1.82, 2.24) is 9.21 Å². The van der Waals surface area contributed by atoms with Crippen molar-refractivity contribution in [1.29, 1.82) is 0 Å². The molecule has 0 bridgehead atoms. The molecule has 0 aliphatic carbocycles. The first kappa shape index (κ1) is 27.1. The maximum absolute atomic E-state index is 13.1. The second kappa shape index (κ2) is 11.2. The second-order valence-electron chi connectivity index (χ2n) is 9.01. The van der Waals surface area contributed by atoms with Crippen LogP contribution in [-0.4, -0.2) is 68.4 Å². The Morgan fingerprint density at radius 2 is 1.86 bits per heavy atom. The summed E-state index contributed by atoms with van der Waals surface area (Å²) < 4.78 is 37.8. The molecule has 10 nitrogen and oxygen atoms in total. The highest BCUT2D eigenvalue weighted by Gasteiger charge is 2.33. The lowest BCUT2D eigenvalue weighted by atomic mass is 10.0. The van der Waals surface area contributed by atoms with Crippen LogP contribution in [0.2, 0.25) is 0 Å². The Bertz CT molecular complexity index is 1290. The number of ether oxygens (including phenoxy) is 2. The number of hydrogen-bond acceptors (Lipinski definition) is 8. The highest BCUT2D eigenvalue weighted by atomic mass is 32.2. The summed E-state index contributed by atoms with van der Waals surface area (Å²) in [6.07, 6.45) is 2.62. The summed E-state index contributed by atoms with van der Waals surface area (Å²) in [5.74, 6) is -1.02. The summed E-state index contributed by atoms with van der Waals surface area (Å²) >= 11 is 1.21. The molecule has 4 rings (SSSR count). The van der Waals surface area contributed by atoms with E-state index in [1.54, 1.807) is 6.92 Å². The summed E-state index contributed by atoms with van der Waals surface area (Å²) in [7, 11) is -2.34. The van der Waals surface area contributed by atoms with Crippen molar-refractivity contribution >= 4 is 44.3 Å².